The van der Waals surface area contributed by atoms with Gasteiger partial charge in [-0.2, -0.15) is 0 Å². The standard InChI is InChI=1S/C20H19NO5S/c1-25-13-7-8-15-14-21(27(23,24)16-9-4-3-5-10-16)18-12-6-11-17(19(15)18)20(22)26-2/h3-7,9-14H,8H2,1-2H3/b13-7+. The number of nitrogens with zero attached hydrogens (tertiary/aromatic N) is 1. The van der Waals surface area contributed by atoms with Gasteiger partial charge in [0.25, 0.3) is 10.0 Å². The second-order valence-electron chi connectivity index (χ2n) is 5.77. The van der Waals surface area contributed by atoms with Crippen LogP contribution in [0.4, 0.5) is 0 Å². The number of ether oxygens (including phenoxy) is 2. The minimum Gasteiger partial charge on any atom is -0.505 e. The molecule has 0 atom stereocenters. The van der Waals surface area contributed by atoms with Crippen molar-refractivity contribution in [2.24, 2.45) is 0 Å². The smallest absolute Gasteiger partial charge is 0.338 e. The van der Waals surface area contributed by atoms with Crippen molar-refractivity contribution in [2.45, 2.75) is 11.3 Å². The summed E-state index contributed by atoms with van der Waals surface area (Å²) in [6.45, 7) is 0. The van der Waals surface area contributed by atoms with E-state index in [1.165, 1.54) is 36.6 Å². The maximum absolute atomic E-state index is 13.1. The van der Waals surface area contributed by atoms with E-state index < -0.39 is 16.0 Å². The highest BCUT2D eigenvalue weighted by molar-refractivity contribution is 7.90. The number of fused-ring (bicyclic) bond motifs is 1. The summed E-state index contributed by atoms with van der Waals surface area (Å²) < 4.78 is 37.3. The normalized spacial score (nSPS) is 11.8. The Bertz CT molecular complexity index is 1100. The summed E-state index contributed by atoms with van der Waals surface area (Å²) in [5.74, 6) is -0.521. The zero-order valence-electron chi connectivity index (χ0n) is 15.0. The molecule has 3 aromatic rings. The van der Waals surface area contributed by atoms with Gasteiger partial charge in [0.1, 0.15) is 0 Å². The predicted octanol–water partition coefficient (Wildman–Crippen LogP) is 3.37. The molecular weight excluding hydrogens is 366 g/mol. The van der Waals surface area contributed by atoms with E-state index in [0.29, 0.717) is 28.5 Å². The van der Waals surface area contributed by atoms with E-state index in [9.17, 15) is 13.2 Å². The van der Waals surface area contributed by atoms with Crippen LogP contribution in [0, 0.1) is 0 Å². The van der Waals surface area contributed by atoms with Gasteiger partial charge < -0.3 is 9.47 Å². The number of allylic oxidation sites excluding steroid dienone is 1. The quantitative estimate of drug-likeness (QED) is 0.480. The van der Waals surface area contributed by atoms with Crippen molar-refractivity contribution >= 4 is 26.9 Å². The second-order valence-corrected chi connectivity index (χ2v) is 7.59. The van der Waals surface area contributed by atoms with E-state index in [-0.39, 0.29) is 4.90 Å². The van der Waals surface area contributed by atoms with Crippen LogP contribution >= 0.6 is 0 Å². The van der Waals surface area contributed by atoms with Gasteiger partial charge >= 0.3 is 5.97 Å². The molecule has 27 heavy (non-hydrogen) atoms. The molecule has 140 valence electrons. The van der Waals surface area contributed by atoms with Crippen LogP contribution in [0.2, 0.25) is 0 Å². The number of hydrogen-bond donors (Lipinski definition) is 0. The van der Waals surface area contributed by atoms with Crippen LogP contribution in [0.3, 0.4) is 0 Å². The summed E-state index contributed by atoms with van der Waals surface area (Å²) >= 11 is 0. The molecule has 3 rings (SSSR count). The van der Waals surface area contributed by atoms with Crippen molar-refractivity contribution in [3.05, 3.63) is 78.2 Å². The van der Waals surface area contributed by atoms with E-state index in [1.54, 1.807) is 48.7 Å². The molecule has 0 amide bonds. The van der Waals surface area contributed by atoms with E-state index in [1.807, 2.05) is 0 Å². The molecule has 0 bridgehead atoms. The summed E-state index contributed by atoms with van der Waals surface area (Å²) in [4.78, 5) is 12.4. The minimum atomic E-state index is -3.82. The molecular formula is C20H19NO5S. The third-order valence-corrected chi connectivity index (χ3v) is 5.84. The number of benzene rings is 2. The SMILES string of the molecule is CO/C=C/Cc1cn(S(=O)(=O)c2ccccc2)c2cccc(C(=O)OC)c12. The summed E-state index contributed by atoms with van der Waals surface area (Å²) in [5.41, 5.74) is 1.42. The van der Waals surface area contributed by atoms with Crippen LogP contribution in [-0.2, 0) is 25.9 Å². The molecule has 0 unspecified atom stereocenters. The predicted molar refractivity (Wildman–Crippen MR) is 102 cm³/mol. The molecule has 0 saturated carbocycles. The molecule has 0 aliphatic heterocycles. The van der Waals surface area contributed by atoms with Crippen LogP contribution < -0.4 is 0 Å². The average molecular weight is 385 g/mol. The maximum atomic E-state index is 13.1. The van der Waals surface area contributed by atoms with Gasteiger partial charge in [-0.25, -0.2) is 17.2 Å². The van der Waals surface area contributed by atoms with Gasteiger partial charge in [0, 0.05) is 11.6 Å². The number of aromatic nitrogens is 1. The van der Waals surface area contributed by atoms with Gasteiger partial charge in [0.15, 0.2) is 0 Å². The summed E-state index contributed by atoms with van der Waals surface area (Å²) in [7, 11) is -0.993. The molecule has 0 aliphatic rings. The minimum absolute atomic E-state index is 0.171. The molecule has 1 heterocycles. The maximum Gasteiger partial charge on any atom is 0.338 e. The van der Waals surface area contributed by atoms with Crippen molar-refractivity contribution < 1.29 is 22.7 Å². The van der Waals surface area contributed by atoms with Crippen LogP contribution in [-0.4, -0.2) is 32.6 Å². The molecule has 0 N–H and O–H groups in total. The Labute approximate surface area is 157 Å². The lowest BCUT2D eigenvalue weighted by molar-refractivity contribution is 0.0603. The monoisotopic (exact) mass is 385 g/mol. The molecule has 0 fully saturated rings. The molecule has 2 aromatic carbocycles. The third kappa shape index (κ3) is 3.46. The lowest BCUT2D eigenvalue weighted by atomic mass is 10.0. The Hall–Kier alpha value is -3.06. The largest absolute Gasteiger partial charge is 0.505 e. The van der Waals surface area contributed by atoms with Crippen molar-refractivity contribution in [1.82, 2.24) is 3.97 Å². The van der Waals surface area contributed by atoms with Gasteiger partial charge in [-0.05, 0) is 42.3 Å². The number of carbonyl (C=O) groups excluding carboxylic acids is 1. The van der Waals surface area contributed by atoms with Gasteiger partial charge in [-0.3, -0.25) is 0 Å². The Balaban J connectivity index is 2.29. The highest BCUT2D eigenvalue weighted by Gasteiger charge is 2.23. The van der Waals surface area contributed by atoms with Gasteiger partial charge in [0.2, 0.25) is 0 Å². The highest BCUT2D eigenvalue weighted by atomic mass is 32.2. The number of esters is 1. The lowest BCUT2D eigenvalue weighted by Gasteiger charge is -2.08. The number of hydrogen-bond acceptors (Lipinski definition) is 5. The summed E-state index contributed by atoms with van der Waals surface area (Å²) in [6.07, 6.45) is 5.20. The Morgan fingerprint density at radius 2 is 1.81 bits per heavy atom. The zero-order valence-corrected chi connectivity index (χ0v) is 15.8. The highest BCUT2D eigenvalue weighted by Crippen LogP contribution is 2.30. The number of rotatable bonds is 6. The van der Waals surface area contributed by atoms with Gasteiger partial charge in [-0.1, -0.05) is 24.3 Å². The van der Waals surface area contributed by atoms with Crippen LogP contribution in [0.5, 0.6) is 0 Å². The molecule has 0 spiro atoms. The molecule has 7 heteroatoms. The van der Waals surface area contributed by atoms with E-state index in [2.05, 4.69) is 0 Å². The Morgan fingerprint density at radius 1 is 1.07 bits per heavy atom. The molecule has 0 saturated heterocycles. The molecule has 0 radical (unpaired) electrons. The van der Waals surface area contributed by atoms with Gasteiger partial charge in [-0.15, -0.1) is 0 Å². The first kappa shape index (κ1) is 18.7. The number of carbonyl (C=O) groups is 1. The topological polar surface area (TPSA) is 74.6 Å². The first-order chi connectivity index (χ1) is 13.0. The summed E-state index contributed by atoms with van der Waals surface area (Å²) in [5, 5.41) is 0.546. The third-order valence-electron chi connectivity index (χ3n) is 4.15. The molecule has 1 aromatic heterocycles. The van der Waals surface area contributed by atoms with Crippen LogP contribution in [0.1, 0.15) is 15.9 Å². The van der Waals surface area contributed by atoms with Gasteiger partial charge in [0.05, 0.1) is 36.5 Å². The van der Waals surface area contributed by atoms with Crippen molar-refractivity contribution in [3.63, 3.8) is 0 Å². The summed E-state index contributed by atoms with van der Waals surface area (Å²) in [6, 6.07) is 13.1. The first-order valence-corrected chi connectivity index (χ1v) is 9.64. The number of methoxy groups -OCH3 is 2. The Morgan fingerprint density at radius 3 is 2.48 bits per heavy atom. The van der Waals surface area contributed by atoms with Crippen molar-refractivity contribution in [2.75, 3.05) is 14.2 Å². The zero-order chi connectivity index (χ0) is 19.4. The van der Waals surface area contributed by atoms with E-state index in [0.717, 1.165) is 0 Å². The first-order valence-electron chi connectivity index (χ1n) is 8.20. The van der Waals surface area contributed by atoms with Crippen LogP contribution in [0.15, 0.2) is 72.0 Å². The van der Waals surface area contributed by atoms with E-state index >= 15 is 0 Å². The molecule has 6 nitrogen and oxygen atoms in total. The Kier molecular flexibility index (Phi) is 5.32. The van der Waals surface area contributed by atoms with Crippen LogP contribution in [0.25, 0.3) is 10.9 Å². The van der Waals surface area contributed by atoms with Crippen molar-refractivity contribution in [3.8, 4) is 0 Å². The molecule has 0 aliphatic carbocycles. The van der Waals surface area contributed by atoms with E-state index in [4.69, 9.17) is 9.47 Å². The second kappa shape index (κ2) is 7.67. The average Bonchev–Trinajstić information content (AvgIpc) is 3.08. The van der Waals surface area contributed by atoms with Crippen molar-refractivity contribution in [1.29, 1.82) is 0 Å². The fraction of sp³-hybridized carbons (Fsp3) is 0.150. The fourth-order valence-electron chi connectivity index (χ4n) is 2.95. The fourth-order valence-corrected chi connectivity index (χ4v) is 4.35. The lowest BCUT2D eigenvalue weighted by Crippen LogP contribution is -2.12.